The number of alkyl halides is 1. The Morgan fingerprint density at radius 3 is 2.44 bits per heavy atom. The molecule has 3 heteroatoms. The second kappa shape index (κ2) is 4.47. The van der Waals surface area contributed by atoms with Crippen LogP contribution in [-0.2, 0) is 4.43 Å². The minimum Gasteiger partial charge on any atom is -0.414 e. The molecule has 0 fully saturated rings. The number of halogens is 1. The summed E-state index contributed by atoms with van der Waals surface area (Å²) in [5.74, 6) is 0. The third-order valence-electron chi connectivity index (χ3n) is 1.19. The summed E-state index contributed by atoms with van der Waals surface area (Å²) >= 11 is 3.36. The average Bonchev–Trinajstić information content (AvgIpc) is 1.84. The Kier molecular flexibility index (Phi) is 4.80. The molecule has 0 bridgehead atoms. The van der Waals surface area contributed by atoms with Gasteiger partial charge in [-0.15, -0.1) is 0 Å². The molecule has 0 spiro atoms. The molecule has 0 atom stereocenters. The van der Waals surface area contributed by atoms with Crippen molar-refractivity contribution >= 4 is 26.4 Å². The first-order chi connectivity index (χ1) is 4.12. The quantitative estimate of drug-likeness (QED) is 0.507. The number of rotatable bonds is 4. The molecule has 0 heterocycles. The van der Waals surface area contributed by atoms with Gasteiger partial charge in [0.05, 0.1) is 0 Å². The zero-order valence-electron chi connectivity index (χ0n) is 5.91. The molecule has 9 heavy (non-hydrogen) atoms. The van der Waals surface area contributed by atoms with Crippen molar-refractivity contribution in [3.05, 3.63) is 0 Å². The molecule has 0 saturated carbocycles. The van der Waals surface area contributed by atoms with Crippen molar-refractivity contribution in [1.82, 2.24) is 0 Å². The van der Waals surface area contributed by atoms with Crippen molar-refractivity contribution in [3.63, 3.8) is 0 Å². The Morgan fingerprint density at radius 1 is 1.56 bits per heavy atom. The monoisotopic (exact) mass is 207 g/mol. The molecule has 3 radical (unpaired) electrons. The van der Waals surface area contributed by atoms with Crippen molar-refractivity contribution < 1.29 is 4.43 Å². The largest absolute Gasteiger partial charge is 0.414 e. The Morgan fingerprint density at radius 2 is 2.11 bits per heavy atom. The lowest BCUT2D eigenvalue weighted by molar-refractivity contribution is 0.112. The first-order valence-electron chi connectivity index (χ1n) is 3.03. The lowest BCUT2D eigenvalue weighted by Crippen LogP contribution is -2.22. The van der Waals surface area contributed by atoms with Gasteiger partial charge >= 0.3 is 0 Å². The van der Waals surface area contributed by atoms with Gasteiger partial charge in [0, 0.05) is 10.9 Å². The molecule has 0 aliphatic carbocycles. The van der Waals surface area contributed by atoms with Gasteiger partial charge in [0.15, 0.2) is 0 Å². The average molecular weight is 208 g/mol. The number of hydrogen-bond acceptors (Lipinski definition) is 1. The second-order valence-electron chi connectivity index (χ2n) is 2.65. The highest BCUT2D eigenvalue weighted by atomic mass is 79.9. The molecule has 0 amide bonds. The van der Waals surface area contributed by atoms with Crippen LogP contribution in [0.1, 0.15) is 26.7 Å². The first kappa shape index (κ1) is 9.66. The summed E-state index contributed by atoms with van der Waals surface area (Å²) in [6, 6.07) is 0. The van der Waals surface area contributed by atoms with Gasteiger partial charge in [0.1, 0.15) is 0 Å². The fourth-order valence-corrected chi connectivity index (χ4v) is 0.926. The minimum absolute atomic E-state index is 0.0232. The molecule has 0 N–H and O–H groups in total. The topological polar surface area (TPSA) is 9.23 Å². The van der Waals surface area contributed by atoms with E-state index in [0.717, 1.165) is 18.2 Å². The Bertz CT molecular complexity index is 75.5. The second-order valence-corrected chi connectivity index (χ2v) is 3.65. The van der Waals surface area contributed by atoms with Crippen LogP contribution in [0.15, 0.2) is 0 Å². The van der Waals surface area contributed by atoms with Gasteiger partial charge < -0.3 is 4.43 Å². The normalized spacial score (nSPS) is 12.0. The molecular formula is C6H12BrOSi. The van der Waals surface area contributed by atoms with Gasteiger partial charge in [0.25, 0.3) is 0 Å². The summed E-state index contributed by atoms with van der Waals surface area (Å²) < 4.78 is 5.02. The predicted octanol–water partition coefficient (Wildman–Crippen LogP) is 2.04. The van der Waals surface area contributed by atoms with Crippen LogP contribution in [-0.4, -0.2) is 21.4 Å². The zero-order valence-corrected chi connectivity index (χ0v) is 8.49. The minimum atomic E-state index is -0.0232. The highest BCUT2D eigenvalue weighted by molar-refractivity contribution is 9.09. The predicted molar refractivity (Wildman–Crippen MR) is 43.9 cm³/mol. The van der Waals surface area contributed by atoms with Gasteiger partial charge in [-0.2, -0.15) is 0 Å². The maximum absolute atomic E-state index is 5.02. The van der Waals surface area contributed by atoms with Crippen molar-refractivity contribution in [2.45, 2.75) is 32.3 Å². The maximum atomic E-state index is 5.02. The third-order valence-corrected chi connectivity index (χ3v) is 2.30. The fourth-order valence-electron chi connectivity index (χ4n) is 0.544. The summed E-state index contributed by atoms with van der Waals surface area (Å²) in [5, 5.41) is 1.05. The van der Waals surface area contributed by atoms with E-state index >= 15 is 0 Å². The van der Waals surface area contributed by atoms with E-state index in [1.807, 2.05) is 0 Å². The van der Waals surface area contributed by atoms with Crippen LogP contribution < -0.4 is 0 Å². The Balaban J connectivity index is 3.33. The molecule has 53 valence electrons. The summed E-state index contributed by atoms with van der Waals surface area (Å²) in [6.07, 6.45) is 2.22. The van der Waals surface area contributed by atoms with E-state index in [4.69, 9.17) is 4.43 Å². The van der Waals surface area contributed by atoms with Crippen molar-refractivity contribution in [1.29, 1.82) is 0 Å². The summed E-state index contributed by atoms with van der Waals surface area (Å²) in [7, 11) is 3.03. The van der Waals surface area contributed by atoms with E-state index < -0.39 is 0 Å². The van der Waals surface area contributed by atoms with Gasteiger partial charge in [0.2, 0.25) is 10.5 Å². The van der Waals surface area contributed by atoms with Crippen LogP contribution in [0.25, 0.3) is 0 Å². The molecule has 0 aromatic heterocycles. The number of hydrogen-bond donors (Lipinski definition) is 0. The highest BCUT2D eigenvalue weighted by Gasteiger charge is 2.13. The molecule has 1 nitrogen and oxygen atoms in total. The summed E-state index contributed by atoms with van der Waals surface area (Å²) in [6.45, 7) is 4.12. The van der Waals surface area contributed by atoms with E-state index in [0.29, 0.717) is 0 Å². The van der Waals surface area contributed by atoms with Crippen molar-refractivity contribution in [2.24, 2.45) is 0 Å². The van der Waals surface area contributed by atoms with E-state index in [2.05, 4.69) is 40.3 Å². The molecule has 0 saturated heterocycles. The lowest BCUT2D eigenvalue weighted by atomic mass is 10.0. The molecular weight excluding hydrogens is 196 g/mol. The van der Waals surface area contributed by atoms with E-state index in [1.165, 1.54) is 0 Å². The molecule has 0 rings (SSSR count). The Labute approximate surface area is 68.8 Å². The summed E-state index contributed by atoms with van der Waals surface area (Å²) in [5.41, 5.74) is -0.0232. The first-order valence-corrected chi connectivity index (χ1v) is 4.56. The van der Waals surface area contributed by atoms with Gasteiger partial charge in [-0.05, 0) is 26.7 Å². The van der Waals surface area contributed by atoms with E-state index in [1.54, 1.807) is 0 Å². The van der Waals surface area contributed by atoms with Crippen molar-refractivity contribution in [3.8, 4) is 0 Å². The standard InChI is InChI=1S/C6H12BrOSi/c1-6(2,8-9)4-3-5-7/h3-5H2,1-2H3. The maximum Gasteiger partial charge on any atom is 0.246 e. The van der Waals surface area contributed by atoms with Crippen LogP contribution in [0.2, 0.25) is 0 Å². The fraction of sp³-hybridized carbons (Fsp3) is 1.00. The molecule has 0 unspecified atom stereocenters. The van der Waals surface area contributed by atoms with Crippen LogP contribution in [0, 0.1) is 0 Å². The van der Waals surface area contributed by atoms with Crippen molar-refractivity contribution in [2.75, 3.05) is 5.33 Å². The van der Waals surface area contributed by atoms with E-state index in [-0.39, 0.29) is 5.60 Å². The van der Waals surface area contributed by atoms with Crippen LogP contribution >= 0.6 is 15.9 Å². The summed E-state index contributed by atoms with van der Waals surface area (Å²) in [4.78, 5) is 0. The van der Waals surface area contributed by atoms with Gasteiger partial charge in [-0.3, -0.25) is 0 Å². The van der Waals surface area contributed by atoms with Crippen LogP contribution in [0.4, 0.5) is 0 Å². The van der Waals surface area contributed by atoms with Crippen LogP contribution in [0.3, 0.4) is 0 Å². The Hall–Kier alpha value is 0.657. The molecule has 0 aromatic rings. The highest BCUT2D eigenvalue weighted by Crippen LogP contribution is 2.15. The molecule has 0 aromatic carbocycles. The molecule has 0 aliphatic rings. The molecule has 0 aliphatic heterocycles. The van der Waals surface area contributed by atoms with Gasteiger partial charge in [-0.25, -0.2) is 0 Å². The smallest absolute Gasteiger partial charge is 0.246 e. The van der Waals surface area contributed by atoms with Gasteiger partial charge in [-0.1, -0.05) is 15.9 Å². The van der Waals surface area contributed by atoms with E-state index in [9.17, 15) is 0 Å². The SMILES string of the molecule is CC(C)(CCCBr)O[Si]. The third kappa shape index (κ3) is 5.12. The zero-order chi connectivity index (χ0) is 7.33. The lowest BCUT2D eigenvalue weighted by Gasteiger charge is -2.22. The van der Waals surface area contributed by atoms with Crippen LogP contribution in [0.5, 0.6) is 0 Å².